The van der Waals surface area contributed by atoms with E-state index >= 15 is 0 Å². The summed E-state index contributed by atoms with van der Waals surface area (Å²) in [5.41, 5.74) is 8.97. The summed E-state index contributed by atoms with van der Waals surface area (Å²) in [5, 5.41) is 0. The van der Waals surface area contributed by atoms with E-state index in [-0.39, 0.29) is 11.8 Å². The van der Waals surface area contributed by atoms with Crippen LogP contribution in [0.15, 0.2) is 54.6 Å². The smallest absolute Gasteiger partial charge is 0.227 e. The number of anilines is 1. The van der Waals surface area contributed by atoms with Crippen molar-refractivity contribution in [1.29, 1.82) is 0 Å². The molecule has 102 valence electrons. The first-order valence-corrected chi connectivity index (χ1v) is 6.94. The lowest BCUT2D eigenvalue weighted by Crippen LogP contribution is -2.25. The van der Waals surface area contributed by atoms with Crippen LogP contribution in [-0.2, 0) is 4.79 Å². The monoisotopic (exact) mass is 266 g/mol. The summed E-state index contributed by atoms with van der Waals surface area (Å²) in [6, 6.07) is 18.4. The van der Waals surface area contributed by atoms with Crippen molar-refractivity contribution < 1.29 is 4.79 Å². The minimum Gasteiger partial charge on any atom is -0.330 e. The lowest BCUT2D eigenvalue weighted by molar-refractivity contribution is -0.117. The van der Waals surface area contributed by atoms with E-state index in [0.717, 1.165) is 17.8 Å². The molecule has 1 aliphatic heterocycles. The molecule has 0 spiro atoms. The fraction of sp³-hybridized carbons (Fsp3) is 0.235. The molecule has 2 aromatic carbocycles. The predicted octanol–water partition coefficient (Wildman–Crippen LogP) is 2.67. The maximum Gasteiger partial charge on any atom is 0.227 e. The van der Waals surface area contributed by atoms with Gasteiger partial charge in [0.15, 0.2) is 0 Å². The molecule has 1 aliphatic rings. The average molecular weight is 266 g/mol. The molecule has 1 fully saturated rings. The fourth-order valence-electron chi connectivity index (χ4n) is 2.65. The van der Waals surface area contributed by atoms with Crippen molar-refractivity contribution >= 4 is 11.6 Å². The third-order valence-electron chi connectivity index (χ3n) is 3.82. The number of rotatable bonds is 3. The molecule has 2 aromatic rings. The second-order valence-corrected chi connectivity index (χ2v) is 5.22. The largest absolute Gasteiger partial charge is 0.330 e. The van der Waals surface area contributed by atoms with E-state index in [4.69, 9.17) is 5.73 Å². The first-order chi connectivity index (χ1) is 9.78. The van der Waals surface area contributed by atoms with Crippen LogP contribution in [0.1, 0.15) is 6.42 Å². The van der Waals surface area contributed by atoms with Crippen LogP contribution in [0.5, 0.6) is 0 Å². The van der Waals surface area contributed by atoms with Gasteiger partial charge in [0.1, 0.15) is 0 Å². The highest BCUT2D eigenvalue weighted by atomic mass is 16.2. The normalized spacial score (nSPS) is 18.6. The van der Waals surface area contributed by atoms with Gasteiger partial charge in [0.25, 0.3) is 0 Å². The Hall–Kier alpha value is -2.13. The Morgan fingerprint density at radius 2 is 1.65 bits per heavy atom. The quantitative estimate of drug-likeness (QED) is 0.928. The van der Waals surface area contributed by atoms with Gasteiger partial charge in [-0.25, -0.2) is 0 Å². The first kappa shape index (κ1) is 12.9. The molecule has 0 radical (unpaired) electrons. The molecular weight excluding hydrogens is 248 g/mol. The molecule has 0 saturated carbocycles. The Morgan fingerprint density at radius 1 is 1.00 bits per heavy atom. The second-order valence-electron chi connectivity index (χ2n) is 5.22. The minimum absolute atomic E-state index is 0.174. The summed E-state index contributed by atoms with van der Waals surface area (Å²) in [6.07, 6.45) is 0.566. The SMILES string of the molecule is NCC1CC(=O)N(c2ccc(-c3ccccc3)cc2)C1. The number of nitrogens with two attached hydrogens (primary N) is 1. The van der Waals surface area contributed by atoms with E-state index in [9.17, 15) is 4.79 Å². The van der Waals surface area contributed by atoms with Gasteiger partial charge in [-0.1, -0.05) is 42.5 Å². The van der Waals surface area contributed by atoms with Crippen LogP contribution in [0.2, 0.25) is 0 Å². The summed E-state index contributed by atoms with van der Waals surface area (Å²) in [7, 11) is 0. The van der Waals surface area contributed by atoms with Crippen molar-refractivity contribution in [3.8, 4) is 11.1 Å². The molecule has 2 N–H and O–H groups in total. The molecule has 1 amide bonds. The summed E-state index contributed by atoms with van der Waals surface area (Å²) in [6.45, 7) is 1.31. The van der Waals surface area contributed by atoms with E-state index in [0.29, 0.717) is 13.0 Å². The van der Waals surface area contributed by atoms with Gasteiger partial charge in [0, 0.05) is 18.7 Å². The topological polar surface area (TPSA) is 46.3 Å². The molecule has 3 rings (SSSR count). The molecule has 0 bridgehead atoms. The Labute approximate surface area is 119 Å². The van der Waals surface area contributed by atoms with E-state index < -0.39 is 0 Å². The molecule has 20 heavy (non-hydrogen) atoms. The highest BCUT2D eigenvalue weighted by molar-refractivity contribution is 5.96. The second kappa shape index (κ2) is 5.47. The zero-order valence-electron chi connectivity index (χ0n) is 11.3. The lowest BCUT2D eigenvalue weighted by atomic mass is 10.1. The van der Waals surface area contributed by atoms with Gasteiger partial charge >= 0.3 is 0 Å². The summed E-state index contributed by atoms with van der Waals surface area (Å²) in [5.74, 6) is 0.462. The summed E-state index contributed by atoms with van der Waals surface area (Å²) < 4.78 is 0. The molecular formula is C17H18N2O. The Morgan fingerprint density at radius 3 is 2.25 bits per heavy atom. The summed E-state index contributed by atoms with van der Waals surface area (Å²) in [4.78, 5) is 13.8. The van der Waals surface area contributed by atoms with Gasteiger partial charge in [0.05, 0.1) is 0 Å². The van der Waals surface area contributed by atoms with Gasteiger partial charge in [-0.2, -0.15) is 0 Å². The van der Waals surface area contributed by atoms with Gasteiger partial charge in [-0.05, 0) is 35.7 Å². The van der Waals surface area contributed by atoms with Crippen LogP contribution in [0.25, 0.3) is 11.1 Å². The van der Waals surface area contributed by atoms with Crippen LogP contribution in [0, 0.1) is 5.92 Å². The average Bonchev–Trinajstić information content (AvgIpc) is 2.89. The standard InChI is InChI=1S/C17H18N2O/c18-11-13-10-17(20)19(12-13)16-8-6-15(7-9-16)14-4-2-1-3-5-14/h1-9,13H,10-12,18H2. The number of carbonyl (C=O) groups excluding carboxylic acids is 1. The zero-order valence-corrected chi connectivity index (χ0v) is 11.3. The number of hydrogen-bond acceptors (Lipinski definition) is 2. The maximum atomic E-state index is 12.0. The zero-order chi connectivity index (χ0) is 13.9. The molecule has 1 unspecified atom stereocenters. The first-order valence-electron chi connectivity index (χ1n) is 6.94. The van der Waals surface area contributed by atoms with Crippen LogP contribution < -0.4 is 10.6 Å². The molecule has 1 atom stereocenters. The number of benzene rings is 2. The van der Waals surface area contributed by atoms with Crippen LogP contribution >= 0.6 is 0 Å². The van der Waals surface area contributed by atoms with Crippen molar-refractivity contribution in [2.45, 2.75) is 6.42 Å². The van der Waals surface area contributed by atoms with Crippen molar-refractivity contribution in [2.24, 2.45) is 11.7 Å². The van der Waals surface area contributed by atoms with E-state index in [2.05, 4.69) is 24.3 Å². The fourth-order valence-corrected chi connectivity index (χ4v) is 2.65. The van der Waals surface area contributed by atoms with Crippen LogP contribution in [0.4, 0.5) is 5.69 Å². The van der Waals surface area contributed by atoms with Crippen LogP contribution in [-0.4, -0.2) is 19.0 Å². The molecule has 3 heteroatoms. The minimum atomic E-state index is 0.174. The number of amides is 1. The third-order valence-corrected chi connectivity index (χ3v) is 3.82. The molecule has 0 aromatic heterocycles. The van der Waals surface area contributed by atoms with E-state index in [1.807, 2.05) is 35.2 Å². The number of carbonyl (C=O) groups is 1. The Kier molecular flexibility index (Phi) is 3.52. The van der Waals surface area contributed by atoms with Crippen molar-refractivity contribution in [2.75, 3.05) is 18.0 Å². The van der Waals surface area contributed by atoms with Crippen molar-refractivity contribution in [1.82, 2.24) is 0 Å². The molecule has 0 aliphatic carbocycles. The maximum absolute atomic E-state index is 12.0. The number of hydrogen-bond donors (Lipinski definition) is 1. The van der Waals surface area contributed by atoms with E-state index in [1.165, 1.54) is 5.56 Å². The molecule has 3 nitrogen and oxygen atoms in total. The highest BCUT2D eigenvalue weighted by Gasteiger charge is 2.29. The highest BCUT2D eigenvalue weighted by Crippen LogP contribution is 2.27. The predicted molar refractivity (Wildman–Crippen MR) is 81.4 cm³/mol. The van der Waals surface area contributed by atoms with Gasteiger partial charge in [0.2, 0.25) is 5.91 Å². The van der Waals surface area contributed by atoms with Crippen molar-refractivity contribution in [3.05, 3.63) is 54.6 Å². The van der Waals surface area contributed by atoms with Gasteiger partial charge in [-0.3, -0.25) is 4.79 Å². The number of nitrogens with zero attached hydrogens (tertiary/aromatic N) is 1. The summed E-state index contributed by atoms with van der Waals surface area (Å²) >= 11 is 0. The van der Waals surface area contributed by atoms with Crippen molar-refractivity contribution in [3.63, 3.8) is 0 Å². The van der Waals surface area contributed by atoms with Gasteiger partial charge in [-0.15, -0.1) is 0 Å². The lowest BCUT2D eigenvalue weighted by Gasteiger charge is -2.17. The van der Waals surface area contributed by atoms with E-state index in [1.54, 1.807) is 0 Å². The molecule has 1 saturated heterocycles. The Balaban J connectivity index is 1.82. The molecule has 1 heterocycles. The third kappa shape index (κ3) is 2.45. The Bertz CT molecular complexity index is 592. The van der Waals surface area contributed by atoms with Crippen LogP contribution in [0.3, 0.4) is 0 Å². The van der Waals surface area contributed by atoms with Gasteiger partial charge < -0.3 is 10.6 Å².